The molecule has 2 aromatic carbocycles. The van der Waals surface area contributed by atoms with Crippen molar-refractivity contribution in [2.45, 2.75) is 25.5 Å². The number of carboxylic acids is 1. The monoisotopic (exact) mass is 345 g/mol. The highest BCUT2D eigenvalue weighted by Gasteiger charge is 2.27. The van der Waals surface area contributed by atoms with Crippen LogP contribution in [0.25, 0.3) is 0 Å². The molecule has 0 aromatic heterocycles. The molecule has 0 saturated carbocycles. The molecule has 0 aliphatic rings. The molecule has 0 heterocycles. The number of aliphatic hydroxyl groups is 1. The summed E-state index contributed by atoms with van der Waals surface area (Å²) in [6, 6.07) is 13.4. The molecular formula is C19H20FNO4. The van der Waals surface area contributed by atoms with Gasteiger partial charge in [0, 0.05) is 0 Å². The summed E-state index contributed by atoms with van der Waals surface area (Å²) in [5, 5.41) is 22.0. The number of benzene rings is 2. The standard InChI is InChI=1S/C19H20FNO4/c1-12(19(24)25)18(13-6-3-2-4-7-13)21-17(23)11-16(22)14-8-5-9-15(20)10-14/h2-10,12,16,18,22H,11H2,1H3,(H,21,23)(H,24,25). The van der Waals surface area contributed by atoms with Crippen molar-refractivity contribution in [1.82, 2.24) is 5.32 Å². The SMILES string of the molecule is CC(C(=O)O)C(NC(=O)CC(O)c1cccc(F)c1)c1ccccc1. The summed E-state index contributed by atoms with van der Waals surface area (Å²) in [6.45, 7) is 1.50. The van der Waals surface area contributed by atoms with Crippen LogP contribution in [-0.4, -0.2) is 22.1 Å². The minimum Gasteiger partial charge on any atom is -0.481 e. The van der Waals surface area contributed by atoms with Crippen LogP contribution in [0.1, 0.15) is 36.6 Å². The summed E-state index contributed by atoms with van der Waals surface area (Å²) in [4.78, 5) is 23.6. The van der Waals surface area contributed by atoms with Gasteiger partial charge in [0.1, 0.15) is 5.82 Å². The summed E-state index contributed by atoms with van der Waals surface area (Å²) in [5.41, 5.74) is 0.948. The topological polar surface area (TPSA) is 86.6 Å². The number of carbonyl (C=O) groups excluding carboxylic acids is 1. The van der Waals surface area contributed by atoms with E-state index in [9.17, 15) is 24.2 Å². The molecule has 3 N–H and O–H groups in total. The number of rotatable bonds is 7. The lowest BCUT2D eigenvalue weighted by molar-refractivity contribution is -0.142. The maximum atomic E-state index is 13.2. The lowest BCUT2D eigenvalue weighted by Crippen LogP contribution is -2.36. The first-order valence-electron chi connectivity index (χ1n) is 7.89. The molecule has 6 heteroatoms. The fraction of sp³-hybridized carbons (Fsp3) is 0.263. The van der Waals surface area contributed by atoms with Crippen LogP contribution < -0.4 is 5.32 Å². The van der Waals surface area contributed by atoms with E-state index in [0.717, 1.165) is 6.07 Å². The summed E-state index contributed by atoms with van der Waals surface area (Å²) in [7, 11) is 0. The average molecular weight is 345 g/mol. The Morgan fingerprint density at radius 2 is 1.72 bits per heavy atom. The molecule has 0 fully saturated rings. The van der Waals surface area contributed by atoms with Crippen LogP contribution >= 0.6 is 0 Å². The molecule has 0 saturated heterocycles. The molecule has 1 amide bonds. The molecule has 25 heavy (non-hydrogen) atoms. The fourth-order valence-electron chi connectivity index (χ4n) is 2.54. The van der Waals surface area contributed by atoms with Crippen molar-refractivity contribution in [3.8, 4) is 0 Å². The van der Waals surface area contributed by atoms with Gasteiger partial charge in [0.05, 0.1) is 24.5 Å². The second-order valence-electron chi connectivity index (χ2n) is 5.86. The number of nitrogens with one attached hydrogen (secondary N) is 1. The van der Waals surface area contributed by atoms with Crippen LogP contribution in [0.15, 0.2) is 54.6 Å². The number of amides is 1. The van der Waals surface area contributed by atoms with E-state index in [-0.39, 0.29) is 12.0 Å². The minimum absolute atomic E-state index is 0.290. The number of carboxylic acid groups (broad SMARTS) is 1. The minimum atomic E-state index is -1.17. The van der Waals surface area contributed by atoms with Crippen molar-refractivity contribution in [3.63, 3.8) is 0 Å². The average Bonchev–Trinajstić information content (AvgIpc) is 2.59. The van der Waals surface area contributed by atoms with Gasteiger partial charge in [-0.05, 0) is 30.2 Å². The van der Waals surface area contributed by atoms with Gasteiger partial charge in [-0.25, -0.2) is 4.39 Å². The van der Waals surface area contributed by atoms with Crippen molar-refractivity contribution in [3.05, 3.63) is 71.5 Å². The van der Waals surface area contributed by atoms with Gasteiger partial charge in [-0.1, -0.05) is 42.5 Å². The van der Waals surface area contributed by atoms with Gasteiger partial charge in [0.25, 0.3) is 0 Å². The summed E-state index contributed by atoms with van der Waals surface area (Å²) in [6.07, 6.45) is -1.47. The van der Waals surface area contributed by atoms with E-state index >= 15 is 0 Å². The van der Waals surface area contributed by atoms with E-state index in [4.69, 9.17) is 0 Å². The largest absolute Gasteiger partial charge is 0.481 e. The van der Waals surface area contributed by atoms with Gasteiger partial charge in [-0.2, -0.15) is 0 Å². The summed E-state index contributed by atoms with van der Waals surface area (Å²) in [5.74, 6) is -2.91. The van der Waals surface area contributed by atoms with Gasteiger partial charge in [-0.3, -0.25) is 9.59 Å². The Labute approximate surface area is 145 Å². The van der Waals surface area contributed by atoms with Crippen LogP contribution in [0.2, 0.25) is 0 Å². The van der Waals surface area contributed by atoms with Crippen LogP contribution in [0.5, 0.6) is 0 Å². The third-order valence-corrected chi connectivity index (χ3v) is 3.98. The van der Waals surface area contributed by atoms with E-state index in [2.05, 4.69) is 5.32 Å². The maximum absolute atomic E-state index is 13.2. The predicted molar refractivity (Wildman–Crippen MR) is 90.1 cm³/mol. The van der Waals surface area contributed by atoms with E-state index in [0.29, 0.717) is 5.56 Å². The quantitative estimate of drug-likeness (QED) is 0.720. The van der Waals surface area contributed by atoms with Gasteiger partial charge < -0.3 is 15.5 Å². The van der Waals surface area contributed by atoms with E-state index < -0.39 is 35.8 Å². The Bertz CT molecular complexity index is 735. The predicted octanol–water partition coefficient (Wildman–Crippen LogP) is 2.83. The number of hydrogen-bond donors (Lipinski definition) is 3. The van der Waals surface area contributed by atoms with Gasteiger partial charge in [0.2, 0.25) is 5.91 Å². The number of carbonyl (C=O) groups is 2. The highest BCUT2D eigenvalue weighted by Crippen LogP contribution is 2.24. The van der Waals surface area contributed by atoms with Crippen LogP contribution in [0.4, 0.5) is 4.39 Å². The zero-order valence-corrected chi connectivity index (χ0v) is 13.7. The molecule has 0 bridgehead atoms. The Balaban J connectivity index is 2.10. The van der Waals surface area contributed by atoms with Gasteiger partial charge >= 0.3 is 5.97 Å². The lowest BCUT2D eigenvalue weighted by Gasteiger charge is -2.23. The molecule has 0 aliphatic heterocycles. The molecular weight excluding hydrogens is 325 g/mol. The molecule has 0 spiro atoms. The number of hydrogen-bond acceptors (Lipinski definition) is 3. The van der Waals surface area contributed by atoms with Gasteiger partial charge in [0.15, 0.2) is 0 Å². The maximum Gasteiger partial charge on any atom is 0.308 e. The molecule has 2 aromatic rings. The Morgan fingerprint density at radius 3 is 2.32 bits per heavy atom. The first-order chi connectivity index (χ1) is 11.9. The Hall–Kier alpha value is -2.73. The van der Waals surface area contributed by atoms with E-state index in [1.807, 2.05) is 0 Å². The molecule has 3 unspecified atom stereocenters. The third-order valence-electron chi connectivity index (χ3n) is 3.98. The van der Waals surface area contributed by atoms with Gasteiger partial charge in [-0.15, -0.1) is 0 Å². The second kappa shape index (κ2) is 8.39. The van der Waals surface area contributed by atoms with Crippen molar-refractivity contribution in [2.75, 3.05) is 0 Å². The van der Waals surface area contributed by atoms with E-state index in [1.54, 1.807) is 30.3 Å². The van der Waals surface area contributed by atoms with Crippen LogP contribution in [-0.2, 0) is 9.59 Å². The second-order valence-corrected chi connectivity index (χ2v) is 5.86. The van der Waals surface area contributed by atoms with Crippen molar-refractivity contribution >= 4 is 11.9 Å². The molecule has 3 atom stereocenters. The summed E-state index contributed by atoms with van der Waals surface area (Å²) >= 11 is 0. The Kier molecular flexibility index (Phi) is 6.25. The summed E-state index contributed by atoms with van der Waals surface area (Å²) < 4.78 is 13.2. The van der Waals surface area contributed by atoms with Crippen molar-refractivity contribution < 1.29 is 24.2 Å². The molecule has 2 rings (SSSR count). The fourth-order valence-corrected chi connectivity index (χ4v) is 2.54. The zero-order chi connectivity index (χ0) is 18.4. The first kappa shape index (κ1) is 18.6. The number of aliphatic hydroxyl groups excluding tert-OH is 1. The normalized spacial score (nSPS) is 14.4. The highest BCUT2D eigenvalue weighted by atomic mass is 19.1. The van der Waals surface area contributed by atoms with E-state index in [1.165, 1.54) is 25.1 Å². The smallest absolute Gasteiger partial charge is 0.308 e. The number of halogens is 1. The lowest BCUT2D eigenvalue weighted by atomic mass is 9.94. The van der Waals surface area contributed by atoms with Crippen LogP contribution in [0.3, 0.4) is 0 Å². The van der Waals surface area contributed by atoms with Crippen molar-refractivity contribution in [1.29, 1.82) is 0 Å². The third kappa shape index (κ3) is 5.12. The molecule has 0 aliphatic carbocycles. The number of aliphatic carboxylic acids is 1. The molecule has 5 nitrogen and oxygen atoms in total. The highest BCUT2D eigenvalue weighted by molar-refractivity contribution is 5.79. The first-order valence-corrected chi connectivity index (χ1v) is 7.89. The zero-order valence-electron chi connectivity index (χ0n) is 13.7. The van der Waals surface area contributed by atoms with Crippen LogP contribution in [0, 0.1) is 11.7 Å². The Morgan fingerprint density at radius 1 is 1.08 bits per heavy atom. The molecule has 132 valence electrons. The molecule has 0 radical (unpaired) electrons. The van der Waals surface area contributed by atoms with Crippen molar-refractivity contribution in [2.24, 2.45) is 5.92 Å².